The molecule has 1 heterocycles. The standard InChI is InChI=1S/C21H30O4/c1-5-6-7-9-19-20(25-21(2,3)24-19)10-8-15-23-16-17-11-13-18(22-4)14-12-17/h5-7,9,11-14,19-20H,8,10,15-16H2,1-4H3/b6-5+,9-7-/t19-,20+/m1/s1. The van der Waals surface area contributed by atoms with Crippen LogP contribution < -0.4 is 4.74 Å². The zero-order chi connectivity index (χ0) is 18.1. The fourth-order valence-corrected chi connectivity index (χ4v) is 2.83. The van der Waals surface area contributed by atoms with Gasteiger partial charge in [-0.1, -0.05) is 36.4 Å². The van der Waals surface area contributed by atoms with Crippen LogP contribution in [0.4, 0.5) is 0 Å². The summed E-state index contributed by atoms with van der Waals surface area (Å²) < 4.78 is 22.9. The van der Waals surface area contributed by atoms with E-state index < -0.39 is 5.79 Å². The Bertz CT molecular complexity index is 560. The Hall–Kier alpha value is -1.62. The molecule has 0 amide bonds. The van der Waals surface area contributed by atoms with Gasteiger partial charge in [0.25, 0.3) is 0 Å². The first-order valence-electron chi connectivity index (χ1n) is 8.90. The predicted molar refractivity (Wildman–Crippen MR) is 99.7 cm³/mol. The van der Waals surface area contributed by atoms with E-state index in [1.54, 1.807) is 7.11 Å². The van der Waals surface area contributed by atoms with Gasteiger partial charge in [-0.2, -0.15) is 0 Å². The zero-order valence-electron chi connectivity index (χ0n) is 15.7. The van der Waals surface area contributed by atoms with Crippen LogP contribution in [0.15, 0.2) is 48.6 Å². The number of benzene rings is 1. The molecule has 25 heavy (non-hydrogen) atoms. The van der Waals surface area contributed by atoms with Crippen molar-refractivity contribution in [1.82, 2.24) is 0 Å². The van der Waals surface area contributed by atoms with Crippen LogP contribution in [0, 0.1) is 0 Å². The van der Waals surface area contributed by atoms with E-state index in [-0.39, 0.29) is 12.2 Å². The average Bonchev–Trinajstić information content (AvgIpc) is 2.89. The molecule has 0 aromatic heterocycles. The summed E-state index contributed by atoms with van der Waals surface area (Å²) in [6.07, 6.45) is 10.0. The van der Waals surface area contributed by atoms with Crippen molar-refractivity contribution in [3.8, 4) is 5.75 Å². The molecule has 0 aliphatic carbocycles. The number of hydrogen-bond acceptors (Lipinski definition) is 4. The summed E-state index contributed by atoms with van der Waals surface area (Å²) >= 11 is 0. The molecule has 1 aliphatic rings. The van der Waals surface area contributed by atoms with Crippen molar-refractivity contribution in [3.05, 3.63) is 54.1 Å². The maximum absolute atomic E-state index is 6.02. The third-order valence-electron chi connectivity index (χ3n) is 4.03. The fraction of sp³-hybridized carbons (Fsp3) is 0.524. The molecular weight excluding hydrogens is 316 g/mol. The van der Waals surface area contributed by atoms with Gasteiger partial charge in [-0.05, 0) is 51.3 Å². The van der Waals surface area contributed by atoms with Gasteiger partial charge in [-0.3, -0.25) is 0 Å². The average molecular weight is 346 g/mol. The second-order valence-electron chi connectivity index (χ2n) is 6.59. The van der Waals surface area contributed by atoms with Gasteiger partial charge in [0.05, 0.1) is 19.8 Å². The van der Waals surface area contributed by atoms with Crippen molar-refractivity contribution >= 4 is 0 Å². The number of methoxy groups -OCH3 is 1. The third-order valence-corrected chi connectivity index (χ3v) is 4.03. The minimum atomic E-state index is -0.528. The van der Waals surface area contributed by atoms with Gasteiger partial charge in [-0.25, -0.2) is 0 Å². The molecule has 2 rings (SSSR count). The van der Waals surface area contributed by atoms with E-state index in [4.69, 9.17) is 18.9 Å². The summed E-state index contributed by atoms with van der Waals surface area (Å²) in [6, 6.07) is 7.95. The number of allylic oxidation sites excluding steroid dienone is 3. The predicted octanol–water partition coefficient (Wildman–Crippen LogP) is 4.64. The molecule has 0 radical (unpaired) electrons. The second-order valence-corrected chi connectivity index (χ2v) is 6.59. The van der Waals surface area contributed by atoms with Gasteiger partial charge in [0, 0.05) is 6.61 Å². The Morgan fingerprint density at radius 1 is 1.12 bits per heavy atom. The largest absolute Gasteiger partial charge is 0.497 e. The van der Waals surface area contributed by atoms with Crippen LogP contribution in [0.2, 0.25) is 0 Å². The van der Waals surface area contributed by atoms with E-state index in [2.05, 4.69) is 6.08 Å². The first-order chi connectivity index (χ1) is 12.0. The van der Waals surface area contributed by atoms with Crippen molar-refractivity contribution < 1.29 is 18.9 Å². The van der Waals surface area contributed by atoms with E-state index in [0.29, 0.717) is 13.2 Å². The summed E-state index contributed by atoms with van der Waals surface area (Å²) in [5.41, 5.74) is 1.15. The molecule has 1 fully saturated rings. The molecule has 0 unspecified atom stereocenters. The van der Waals surface area contributed by atoms with Gasteiger partial charge in [0.1, 0.15) is 11.9 Å². The molecule has 138 valence electrons. The fourth-order valence-electron chi connectivity index (χ4n) is 2.83. The summed E-state index contributed by atoms with van der Waals surface area (Å²) in [6.45, 7) is 7.24. The molecule has 1 aliphatic heterocycles. The molecule has 1 saturated heterocycles. The molecule has 1 aromatic carbocycles. The molecule has 0 bridgehead atoms. The number of rotatable bonds is 9. The lowest BCUT2D eigenvalue weighted by atomic mass is 10.1. The van der Waals surface area contributed by atoms with E-state index in [9.17, 15) is 0 Å². The van der Waals surface area contributed by atoms with Crippen molar-refractivity contribution in [2.45, 2.75) is 58.2 Å². The van der Waals surface area contributed by atoms with Crippen molar-refractivity contribution in [2.24, 2.45) is 0 Å². The number of hydrogen-bond donors (Lipinski definition) is 0. The Morgan fingerprint density at radius 3 is 2.56 bits per heavy atom. The highest BCUT2D eigenvalue weighted by atomic mass is 16.7. The smallest absolute Gasteiger partial charge is 0.164 e. The Labute approximate surface area is 151 Å². The van der Waals surface area contributed by atoms with Crippen LogP contribution in [-0.4, -0.2) is 31.7 Å². The van der Waals surface area contributed by atoms with Crippen LogP contribution in [0.1, 0.15) is 39.2 Å². The first kappa shape index (κ1) is 19.7. The lowest BCUT2D eigenvalue weighted by Crippen LogP contribution is -2.21. The van der Waals surface area contributed by atoms with Gasteiger partial charge in [-0.15, -0.1) is 0 Å². The molecule has 4 nitrogen and oxygen atoms in total. The second kappa shape index (κ2) is 9.76. The molecule has 0 spiro atoms. The SMILES string of the molecule is C/C=C/C=C\[C@H]1OC(C)(C)O[C@H]1CCCOCc1ccc(OC)cc1. The van der Waals surface area contributed by atoms with Gasteiger partial charge >= 0.3 is 0 Å². The quantitative estimate of drug-likeness (QED) is 0.482. The lowest BCUT2D eigenvalue weighted by Gasteiger charge is -2.16. The Kier molecular flexibility index (Phi) is 7.69. The first-order valence-corrected chi connectivity index (χ1v) is 8.90. The van der Waals surface area contributed by atoms with Crippen molar-refractivity contribution in [3.63, 3.8) is 0 Å². The Morgan fingerprint density at radius 2 is 1.88 bits per heavy atom. The highest BCUT2D eigenvalue weighted by Gasteiger charge is 2.39. The topological polar surface area (TPSA) is 36.9 Å². The molecule has 0 saturated carbocycles. The molecule has 4 heteroatoms. The normalized spacial score (nSPS) is 22.9. The van der Waals surface area contributed by atoms with Gasteiger partial charge in [0.2, 0.25) is 0 Å². The molecular formula is C21H30O4. The molecule has 2 atom stereocenters. The molecule has 1 aromatic rings. The highest BCUT2D eigenvalue weighted by Crippen LogP contribution is 2.31. The van der Waals surface area contributed by atoms with Crippen LogP contribution in [0.3, 0.4) is 0 Å². The lowest BCUT2D eigenvalue weighted by molar-refractivity contribution is -0.143. The number of ether oxygens (including phenoxy) is 4. The van der Waals surface area contributed by atoms with E-state index in [1.165, 1.54) is 0 Å². The van der Waals surface area contributed by atoms with Crippen LogP contribution in [0.5, 0.6) is 5.75 Å². The van der Waals surface area contributed by atoms with E-state index >= 15 is 0 Å². The summed E-state index contributed by atoms with van der Waals surface area (Å²) in [5, 5.41) is 0. The third kappa shape index (κ3) is 6.65. The summed E-state index contributed by atoms with van der Waals surface area (Å²) in [7, 11) is 1.67. The van der Waals surface area contributed by atoms with E-state index in [0.717, 1.165) is 24.2 Å². The maximum atomic E-state index is 6.02. The van der Waals surface area contributed by atoms with Crippen LogP contribution in [0.25, 0.3) is 0 Å². The summed E-state index contributed by atoms with van der Waals surface area (Å²) in [5.74, 6) is 0.335. The van der Waals surface area contributed by atoms with Gasteiger partial charge in [0.15, 0.2) is 5.79 Å². The van der Waals surface area contributed by atoms with Crippen LogP contribution in [-0.2, 0) is 20.8 Å². The zero-order valence-corrected chi connectivity index (χ0v) is 15.7. The molecule has 0 N–H and O–H groups in total. The van der Waals surface area contributed by atoms with Crippen molar-refractivity contribution in [2.75, 3.05) is 13.7 Å². The van der Waals surface area contributed by atoms with Crippen LogP contribution >= 0.6 is 0 Å². The van der Waals surface area contributed by atoms with Gasteiger partial charge < -0.3 is 18.9 Å². The highest BCUT2D eigenvalue weighted by molar-refractivity contribution is 5.26. The monoisotopic (exact) mass is 346 g/mol. The maximum Gasteiger partial charge on any atom is 0.164 e. The Balaban J connectivity index is 1.71. The minimum absolute atomic E-state index is 0.00668. The van der Waals surface area contributed by atoms with Crippen molar-refractivity contribution in [1.29, 1.82) is 0 Å². The van der Waals surface area contributed by atoms with E-state index in [1.807, 2.05) is 63.3 Å². The summed E-state index contributed by atoms with van der Waals surface area (Å²) in [4.78, 5) is 0. The minimum Gasteiger partial charge on any atom is -0.497 e.